The molecule has 2 atom stereocenters. The van der Waals surface area contributed by atoms with Crippen molar-refractivity contribution < 1.29 is 9.47 Å². The lowest BCUT2D eigenvalue weighted by Crippen LogP contribution is -2.20. The number of hydrogen-bond donors (Lipinski definition) is 0. The molecule has 0 bridgehead atoms. The van der Waals surface area contributed by atoms with E-state index in [1.165, 1.54) is 0 Å². The van der Waals surface area contributed by atoms with Gasteiger partial charge in [-0.3, -0.25) is 0 Å². The summed E-state index contributed by atoms with van der Waals surface area (Å²) in [5, 5.41) is 0. The first kappa shape index (κ1) is 11.9. The lowest BCUT2D eigenvalue weighted by molar-refractivity contribution is -0.00151. The number of hydrogen-bond acceptors (Lipinski definition) is 2. The van der Waals surface area contributed by atoms with E-state index in [1.807, 2.05) is 13.8 Å². The zero-order chi connectivity index (χ0) is 9.40. The van der Waals surface area contributed by atoms with Gasteiger partial charge in [0.1, 0.15) is 0 Å². The van der Waals surface area contributed by atoms with Crippen molar-refractivity contribution in [3.63, 3.8) is 0 Å². The molecule has 0 aromatic heterocycles. The third-order valence-corrected chi connectivity index (χ3v) is 1.77. The summed E-state index contributed by atoms with van der Waals surface area (Å²) in [6, 6.07) is 0. The molecule has 0 heterocycles. The van der Waals surface area contributed by atoms with Gasteiger partial charge in [-0.2, -0.15) is 0 Å². The van der Waals surface area contributed by atoms with Crippen molar-refractivity contribution in [1.29, 1.82) is 0 Å². The first-order chi connectivity index (χ1) is 5.74. The quantitative estimate of drug-likeness (QED) is 0.588. The van der Waals surface area contributed by atoms with E-state index in [4.69, 9.17) is 9.47 Å². The lowest BCUT2D eigenvalue weighted by Gasteiger charge is -2.19. The summed E-state index contributed by atoms with van der Waals surface area (Å²) in [6.45, 7) is 11.5. The Morgan fingerprint density at radius 2 is 1.75 bits per heavy atom. The van der Waals surface area contributed by atoms with Crippen LogP contribution in [0.4, 0.5) is 0 Å². The normalized spacial score (nSPS) is 16.0. The fourth-order valence-electron chi connectivity index (χ4n) is 1.23. The van der Waals surface area contributed by atoms with Crippen LogP contribution in [-0.2, 0) is 9.47 Å². The molecule has 0 spiro atoms. The molecule has 0 fully saturated rings. The highest BCUT2D eigenvalue weighted by atomic mass is 16.5. The lowest BCUT2D eigenvalue weighted by atomic mass is 10.1. The van der Waals surface area contributed by atoms with E-state index in [-0.39, 0.29) is 12.2 Å². The van der Waals surface area contributed by atoms with E-state index >= 15 is 0 Å². The molecule has 0 amide bonds. The molecule has 0 saturated carbocycles. The van der Waals surface area contributed by atoms with Gasteiger partial charge in [-0.25, -0.2) is 0 Å². The van der Waals surface area contributed by atoms with Gasteiger partial charge >= 0.3 is 0 Å². The first-order valence-corrected chi connectivity index (χ1v) is 4.77. The van der Waals surface area contributed by atoms with Crippen LogP contribution in [0.25, 0.3) is 0 Å². The highest BCUT2D eigenvalue weighted by Crippen LogP contribution is 2.08. The highest BCUT2D eigenvalue weighted by molar-refractivity contribution is 4.64. The monoisotopic (exact) mass is 173 g/mol. The fraction of sp³-hybridized carbons (Fsp3) is 0.900. The zero-order valence-corrected chi connectivity index (χ0v) is 8.51. The summed E-state index contributed by atoms with van der Waals surface area (Å²) >= 11 is 0. The maximum Gasteiger partial charge on any atom is 0.0599 e. The highest BCUT2D eigenvalue weighted by Gasteiger charge is 2.10. The van der Waals surface area contributed by atoms with Crippen molar-refractivity contribution in [3.05, 3.63) is 6.92 Å². The minimum atomic E-state index is 0.261. The van der Waals surface area contributed by atoms with Crippen LogP contribution in [0, 0.1) is 6.92 Å². The molecule has 2 nitrogen and oxygen atoms in total. The average molecular weight is 173 g/mol. The van der Waals surface area contributed by atoms with Gasteiger partial charge in [-0.1, -0.05) is 6.92 Å². The summed E-state index contributed by atoms with van der Waals surface area (Å²) in [4.78, 5) is 0. The molecule has 0 saturated heterocycles. The van der Waals surface area contributed by atoms with E-state index in [0.717, 1.165) is 26.1 Å². The largest absolute Gasteiger partial charge is 0.379 e. The maximum atomic E-state index is 5.47. The standard InChI is InChI=1S/C10H21O2/c1-5-10(12-7-3)8-9(4)11-6-2/h9-10H,1,5-8H2,2-4H3. The van der Waals surface area contributed by atoms with Crippen LogP contribution in [-0.4, -0.2) is 25.4 Å². The molecule has 0 N–H and O–H groups in total. The molecule has 1 radical (unpaired) electrons. The van der Waals surface area contributed by atoms with Gasteiger partial charge in [0.05, 0.1) is 12.2 Å². The molecule has 2 unspecified atom stereocenters. The predicted molar refractivity (Wildman–Crippen MR) is 51.1 cm³/mol. The summed E-state index contributed by atoms with van der Waals surface area (Å²) in [7, 11) is 0. The Balaban J connectivity index is 3.53. The van der Waals surface area contributed by atoms with Crippen molar-refractivity contribution in [2.75, 3.05) is 13.2 Å². The Kier molecular flexibility index (Phi) is 7.51. The van der Waals surface area contributed by atoms with E-state index < -0.39 is 0 Å². The summed E-state index contributed by atoms with van der Waals surface area (Å²) in [5.41, 5.74) is 0. The first-order valence-electron chi connectivity index (χ1n) is 4.77. The van der Waals surface area contributed by atoms with Gasteiger partial charge in [0.15, 0.2) is 0 Å². The van der Waals surface area contributed by atoms with Crippen LogP contribution in [0.1, 0.15) is 33.6 Å². The van der Waals surface area contributed by atoms with E-state index in [2.05, 4.69) is 13.8 Å². The Morgan fingerprint density at radius 1 is 1.17 bits per heavy atom. The average Bonchev–Trinajstić information content (AvgIpc) is 2.04. The summed E-state index contributed by atoms with van der Waals surface area (Å²) in [6.07, 6.45) is 2.32. The van der Waals surface area contributed by atoms with Gasteiger partial charge in [0.2, 0.25) is 0 Å². The van der Waals surface area contributed by atoms with Crippen LogP contribution < -0.4 is 0 Å². The number of ether oxygens (including phenoxy) is 2. The number of rotatable bonds is 7. The minimum absolute atomic E-state index is 0.261. The Bertz CT molecular complexity index is 93.8. The molecular weight excluding hydrogens is 152 g/mol. The smallest absolute Gasteiger partial charge is 0.0599 e. The van der Waals surface area contributed by atoms with Crippen molar-refractivity contribution in [3.8, 4) is 0 Å². The van der Waals surface area contributed by atoms with Crippen molar-refractivity contribution >= 4 is 0 Å². The third kappa shape index (κ3) is 5.56. The summed E-state index contributed by atoms with van der Waals surface area (Å²) < 4.78 is 10.9. The van der Waals surface area contributed by atoms with E-state index in [9.17, 15) is 0 Å². The molecule has 0 aliphatic heterocycles. The van der Waals surface area contributed by atoms with E-state index in [0.29, 0.717) is 0 Å². The molecular formula is C10H21O2. The predicted octanol–water partition coefficient (Wildman–Crippen LogP) is 2.43. The Hall–Kier alpha value is -0.0800. The van der Waals surface area contributed by atoms with Crippen LogP contribution in [0.5, 0.6) is 0 Å². The topological polar surface area (TPSA) is 18.5 Å². The second-order valence-corrected chi connectivity index (χ2v) is 2.87. The molecule has 2 heteroatoms. The van der Waals surface area contributed by atoms with Crippen molar-refractivity contribution in [2.24, 2.45) is 0 Å². The van der Waals surface area contributed by atoms with Gasteiger partial charge in [0.25, 0.3) is 0 Å². The molecule has 0 aromatic carbocycles. The Labute approximate surface area is 76.3 Å². The third-order valence-electron chi connectivity index (χ3n) is 1.77. The van der Waals surface area contributed by atoms with E-state index in [1.54, 1.807) is 0 Å². The van der Waals surface area contributed by atoms with Crippen LogP contribution in [0.2, 0.25) is 0 Å². The zero-order valence-electron chi connectivity index (χ0n) is 8.51. The Morgan fingerprint density at radius 3 is 2.17 bits per heavy atom. The fourth-order valence-corrected chi connectivity index (χ4v) is 1.23. The summed E-state index contributed by atoms with van der Waals surface area (Å²) in [5.74, 6) is 0. The molecule has 0 rings (SSSR count). The second kappa shape index (κ2) is 7.56. The second-order valence-electron chi connectivity index (χ2n) is 2.87. The van der Waals surface area contributed by atoms with Gasteiger partial charge in [-0.15, -0.1) is 0 Å². The van der Waals surface area contributed by atoms with Crippen molar-refractivity contribution in [2.45, 2.75) is 45.8 Å². The molecule has 0 aromatic rings. The minimum Gasteiger partial charge on any atom is -0.379 e. The maximum absolute atomic E-state index is 5.47. The van der Waals surface area contributed by atoms with Gasteiger partial charge in [-0.05, 0) is 33.6 Å². The van der Waals surface area contributed by atoms with Crippen molar-refractivity contribution in [1.82, 2.24) is 0 Å². The molecule has 73 valence electrons. The van der Waals surface area contributed by atoms with Crippen LogP contribution in [0.15, 0.2) is 0 Å². The molecule has 0 aliphatic carbocycles. The van der Waals surface area contributed by atoms with Crippen LogP contribution in [0.3, 0.4) is 0 Å². The molecule has 0 aliphatic rings. The SMILES string of the molecule is [CH2]CC(CC(C)OCC)OCC. The van der Waals surface area contributed by atoms with Gasteiger partial charge < -0.3 is 9.47 Å². The van der Waals surface area contributed by atoms with Gasteiger partial charge in [0, 0.05) is 13.2 Å². The molecule has 12 heavy (non-hydrogen) atoms. The van der Waals surface area contributed by atoms with Crippen LogP contribution >= 0.6 is 0 Å².